The number of benzene rings is 1. The van der Waals surface area contributed by atoms with E-state index in [0.29, 0.717) is 22.8 Å². The van der Waals surface area contributed by atoms with Crippen LogP contribution in [0.1, 0.15) is 31.7 Å². The van der Waals surface area contributed by atoms with Gasteiger partial charge in [-0.15, -0.1) is 10.2 Å². The Labute approximate surface area is 117 Å². The van der Waals surface area contributed by atoms with Crippen LogP contribution < -0.4 is 4.74 Å². The third kappa shape index (κ3) is 3.99. The third-order valence-electron chi connectivity index (χ3n) is 2.81. The van der Waals surface area contributed by atoms with Crippen LogP contribution in [0.4, 0.5) is 0 Å². The molecule has 1 heterocycles. The van der Waals surface area contributed by atoms with Crippen molar-refractivity contribution in [3.8, 4) is 5.75 Å². The van der Waals surface area contributed by atoms with Gasteiger partial charge in [0.25, 0.3) is 5.22 Å². The van der Waals surface area contributed by atoms with Gasteiger partial charge < -0.3 is 9.15 Å². The predicted molar refractivity (Wildman–Crippen MR) is 75.7 cm³/mol. The van der Waals surface area contributed by atoms with Gasteiger partial charge in [-0.3, -0.25) is 0 Å². The van der Waals surface area contributed by atoms with E-state index in [-0.39, 0.29) is 0 Å². The maximum atomic E-state index is 5.63. The minimum absolute atomic E-state index is 0.491. The van der Waals surface area contributed by atoms with Crippen molar-refractivity contribution in [3.63, 3.8) is 0 Å². The van der Waals surface area contributed by atoms with Crippen LogP contribution in [0.3, 0.4) is 0 Å². The van der Waals surface area contributed by atoms with Gasteiger partial charge in [0, 0.05) is 5.25 Å². The molecule has 5 heteroatoms. The molecule has 2 aromatic rings. The molecule has 0 N–H and O–H groups in total. The smallest absolute Gasteiger partial charge is 0.276 e. The molecule has 0 fully saturated rings. The molecule has 0 spiro atoms. The Kier molecular flexibility index (Phi) is 4.85. The number of ether oxygens (including phenoxy) is 1. The maximum absolute atomic E-state index is 5.63. The maximum Gasteiger partial charge on any atom is 0.276 e. The van der Waals surface area contributed by atoms with Crippen LogP contribution in [-0.4, -0.2) is 22.6 Å². The molecule has 2 rings (SSSR count). The average Bonchev–Trinajstić information content (AvgIpc) is 2.86. The normalized spacial score (nSPS) is 12.4. The zero-order valence-electron chi connectivity index (χ0n) is 11.4. The molecular weight excluding hydrogens is 260 g/mol. The number of nitrogens with zero attached hydrogens (tertiary/aromatic N) is 2. The summed E-state index contributed by atoms with van der Waals surface area (Å²) < 4.78 is 10.8. The van der Waals surface area contributed by atoms with Crippen molar-refractivity contribution in [1.29, 1.82) is 0 Å². The van der Waals surface area contributed by atoms with Crippen molar-refractivity contribution in [2.24, 2.45) is 0 Å². The molecule has 1 aromatic heterocycles. The van der Waals surface area contributed by atoms with Crippen LogP contribution in [-0.2, 0) is 6.42 Å². The minimum Gasteiger partial charge on any atom is -0.497 e. The van der Waals surface area contributed by atoms with Crippen molar-refractivity contribution in [3.05, 3.63) is 35.7 Å². The van der Waals surface area contributed by atoms with E-state index in [1.807, 2.05) is 24.3 Å². The molecule has 0 radical (unpaired) electrons. The van der Waals surface area contributed by atoms with Crippen LogP contribution in [0, 0.1) is 0 Å². The highest BCUT2D eigenvalue weighted by atomic mass is 32.2. The molecule has 0 amide bonds. The van der Waals surface area contributed by atoms with E-state index < -0.39 is 0 Å². The molecule has 1 unspecified atom stereocenters. The minimum atomic E-state index is 0.491. The number of hydrogen-bond acceptors (Lipinski definition) is 5. The Balaban J connectivity index is 2.02. The number of thioether (sulfide) groups is 1. The van der Waals surface area contributed by atoms with Crippen molar-refractivity contribution in [2.75, 3.05) is 7.11 Å². The van der Waals surface area contributed by atoms with E-state index in [4.69, 9.17) is 9.15 Å². The summed E-state index contributed by atoms with van der Waals surface area (Å²) in [7, 11) is 1.66. The van der Waals surface area contributed by atoms with Crippen molar-refractivity contribution < 1.29 is 9.15 Å². The largest absolute Gasteiger partial charge is 0.497 e. The highest BCUT2D eigenvalue weighted by molar-refractivity contribution is 7.99. The predicted octanol–water partition coefficient (Wildman–Crippen LogP) is 3.56. The molecule has 0 bridgehead atoms. The van der Waals surface area contributed by atoms with Gasteiger partial charge in [-0.1, -0.05) is 37.7 Å². The van der Waals surface area contributed by atoms with Crippen molar-refractivity contribution in [2.45, 2.75) is 37.2 Å². The average molecular weight is 278 g/mol. The lowest BCUT2D eigenvalue weighted by Gasteiger charge is -2.02. The summed E-state index contributed by atoms with van der Waals surface area (Å²) in [5, 5.41) is 9.27. The number of hydrogen-bond donors (Lipinski definition) is 0. The number of methoxy groups -OCH3 is 1. The van der Waals surface area contributed by atoms with Gasteiger partial charge in [0.1, 0.15) is 5.75 Å². The molecule has 102 valence electrons. The summed E-state index contributed by atoms with van der Waals surface area (Å²) in [5.41, 5.74) is 1.10. The summed E-state index contributed by atoms with van der Waals surface area (Å²) in [6.45, 7) is 4.29. The first-order valence-electron chi connectivity index (χ1n) is 6.33. The monoisotopic (exact) mass is 278 g/mol. The van der Waals surface area contributed by atoms with Gasteiger partial charge in [0.2, 0.25) is 5.89 Å². The van der Waals surface area contributed by atoms with Crippen LogP contribution >= 0.6 is 11.8 Å². The molecule has 0 saturated carbocycles. The van der Waals surface area contributed by atoms with Crippen LogP contribution in [0.15, 0.2) is 33.9 Å². The van der Waals surface area contributed by atoms with Crippen LogP contribution in [0.25, 0.3) is 0 Å². The Morgan fingerprint density at radius 2 is 2.21 bits per heavy atom. The summed E-state index contributed by atoms with van der Waals surface area (Å²) >= 11 is 1.62. The van der Waals surface area contributed by atoms with Gasteiger partial charge in [0.05, 0.1) is 13.5 Å². The van der Waals surface area contributed by atoms with Gasteiger partial charge in [-0.2, -0.15) is 0 Å². The zero-order valence-corrected chi connectivity index (χ0v) is 12.2. The second kappa shape index (κ2) is 6.61. The van der Waals surface area contributed by atoms with Crippen LogP contribution in [0.5, 0.6) is 5.75 Å². The van der Waals surface area contributed by atoms with Gasteiger partial charge in [-0.05, 0) is 24.1 Å². The summed E-state index contributed by atoms with van der Waals surface area (Å²) in [4.78, 5) is 0. The van der Waals surface area contributed by atoms with E-state index in [1.54, 1.807) is 18.9 Å². The molecule has 1 aromatic carbocycles. The van der Waals surface area contributed by atoms with E-state index in [9.17, 15) is 0 Å². The van der Waals surface area contributed by atoms with E-state index in [2.05, 4.69) is 24.0 Å². The fourth-order valence-corrected chi connectivity index (χ4v) is 2.31. The van der Waals surface area contributed by atoms with E-state index in [1.165, 1.54) is 0 Å². The van der Waals surface area contributed by atoms with Crippen molar-refractivity contribution >= 4 is 11.8 Å². The topological polar surface area (TPSA) is 48.2 Å². The molecule has 0 aliphatic carbocycles. The highest BCUT2D eigenvalue weighted by Gasteiger charge is 2.10. The van der Waals surface area contributed by atoms with Gasteiger partial charge >= 0.3 is 0 Å². The van der Waals surface area contributed by atoms with E-state index in [0.717, 1.165) is 17.7 Å². The SMILES string of the molecule is CCC(C)Sc1nnc(Cc2cccc(OC)c2)o1. The molecule has 0 aliphatic rings. The molecule has 1 atom stereocenters. The molecule has 4 nitrogen and oxygen atoms in total. The third-order valence-corrected chi connectivity index (χ3v) is 3.92. The summed E-state index contributed by atoms with van der Waals surface area (Å²) in [6.07, 6.45) is 1.71. The Morgan fingerprint density at radius 3 is 2.95 bits per heavy atom. The zero-order chi connectivity index (χ0) is 13.7. The van der Waals surface area contributed by atoms with E-state index >= 15 is 0 Å². The number of rotatable bonds is 6. The Hall–Kier alpha value is -1.49. The molecule has 19 heavy (non-hydrogen) atoms. The van der Waals surface area contributed by atoms with Gasteiger partial charge in [-0.25, -0.2) is 0 Å². The summed E-state index contributed by atoms with van der Waals surface area (Å²) in [6, 6.07) is 7.88. The fraction of sp³-hybridized carbons (Fsp3) is 0.429. The lowest BCUT2D eigenvalue weighted by Crippen LogP contribution is -1.91. The molecule has 0 aliphatic heterocycles. The first-order valence-corrected chi connectivity index (χ1v) is 7.21. The highest BCUT2D eigenvalue weighted by Crippen LogP contribution is 2.24. The first kappa shape index (κ1) is 13.9. The quantitative estimate of drug-likeness (QED) is 0.756. The second-order valence-corrected chi connectivity index (χ2v) is 5.72. The molecule has 0 saturated heterocycles. The lowest BCUT2D eigenvalue weighted by molar-refractivity contribution is 0.411. The number of aromatic nitrogens is 2. The van der Waals surface area contributed by atoms with Gasteiger partial charge in [0.15, 0.2) is 0 Å². The first-order chi connectivity index (χ1) is 9.21. The second-order valence-electron chi connectivity index (χ2n) is 4.33. The lowest BCUT2D eigenvalue weighted by atomic mass is 10.1. The fourth-order valence-electron chi connectivity index (χ4n) is 1.57. The summed E-state index contributed by atoms with van der Waals surface area (Å²) in [5.74, 6) is 1.48. The molecular formula is C14H18N2O2S. The Bertz CT molecular complexity index is 528. The standard InChI is InChI=1S/C14H18N2O2S/c1-4-10(2)19-14-16-15-13(18-14)9-11-6-5-7-12(8-11)17-3/h5-8,10H,4,9H2,1-3H3. The van der Waals surface area contributed by atoms with Crippen molar-refractivity contribution in [1.82, 2.24) is 10.2 Å². The van der Waals surface area contributed by atoms with Crippen LogP contribution in [0.2, 0.25) is 0 Å². The Morgan fingerprint density at radius 1 is 1.37 bits per heavy atom.